The monoisotopic (exact) mass is 452 g/mol. The Morgan fingerprint density at radius 2 is 1.81 bits per heavy atom. The van der Waals surface area contributed by atoms with E-state index in [1.165, 1.54) is 46.6 Å². The highest BCUT2D eigenvalue weighted by molar-refractivity contribution is 7.99. The lowest BCUT2D eigenvalue weighted by atomic mass is 10.0. The molecule has 6 nitrogen and oxygen atoms in total. The molecule has 0 atom stereocenters. The number of imidazole rings is 1. The Morgan fingerprint density at radius 1 is 1.09 bits per heavy atom. The highest BCUT2D eigenvalue weighted by Crippen LogP contribution is 2.30. The molecule has 1 N–H and O–H groups in total. The average molecular weight is 453 g/mol. The molecule has 0 saturated heterocycles. The summed E-state index contributed by atoms with van der Waals surface area (Å²) in [5.74, 6) is -0.685. The molecule has 32 heavy (non-hydrogen) atoms. The topological polar surface area (TPSA) is 67.2 Å². The third-order valence-corrected chi connectivity index (χ3v) is 6.30. The van der Waals surface area contributed by atoms with Crippen molar-refractivity contribution < 1.29 is 14.0 Å². The van der Waals surface area contributed by atoms with Crippen LogP contribution in [0.1, 0.15) is 24.2 Å². The van der Waals surface area contributed by atoms with E-state index in [0.717, 1.165) is 42.2 Å². The van der Waals surface area contributed by atoms with E-state index < -0.39 is 0 Å². The molecule has 0 fully saturated rings. The fourth-order valence-corrected chi connectivity index (χ4v) is 4.72. The van der Waals surface area contributed by atoms with E-state index >= 15 is 0 Å². The van der Waals surface area contributed by atoms with Crippen molar-refractivity contribution in [2.24, 2.45) is 0 Å². The zero-order chi connectivity index (χ0) is 22.5. The number of carbonyl (C=O) groups excluding carboxylic acids is 2. The van der Waals surface area contributed by atoms with Crippen molar-refractivity contribution in [3.05, 3.63) is 71.8 Å². The highest BCUT2D eigenvalue weighted by Gasteiger charge is 2.22. The number of aromatic nitrogens is 2. The number of thioether (sulfide) groups is 1. The summed E-state index contributed by atoms with van der Waals surface area (Å²) in [6, 6.07) is 15.6. The molecule has 0 radical (unpaired) electrons. The van der Waals surface area contributed by atoms with Gasteiger partial charge in [0.1, 0.15) is 5.82 Å². The minimum absolute atomic E-state index is 0.0829. The molecular formula is C24H25FN4O2S. The molecule has 0 bridgehead atoms. The third-order valence-electron chi connectivity index (χ3n) is 5.38. The lowest BCUT2D eigenvalue weighted by molar-refractivity contribution is -0.131. The second-order valence-electron chi connectivity index (χ2n) is 7.76. The summed E-state index contributed by atoms with van der Waals surface area (Å²) < 4.78 is 15.2. The fraction of sp³-hybridized carbons (Fsp3) is 0.292. The molecule has 2 aromatic carbocycles. The van der Waals surface area contributed by atoms with Gasteiger partial charge in [0, 0.05) is 24.1 Å². The molecule has 0 unspecified atom stereocenters. The molecule has 3 aromatic rings. The Bertz CT molecular complexity index is 1100. The number of nitrogens with one attached hydrogen (secondary N) is 1. The quantitative estimate of drug-likeness (QED) is 0.549. The van der Waals surface area contributed by atoms with E-state index in [4.69, 9.17) is 4.98 Å². The molecule has 1 aliphatic rings. The molecule has 1 aromatic heterocycles. The van der Waals surface area contributed by atoms with Crippen LogP contribution in [-0.4, -0.2) is 45.6 Å². The molecule has 166 valence electrons. The maximum atomic E-state index is 13.0. The van der Waals surface area contributed by atoms with E-state index in [9.17, 15) is 14.0 Å². The Hall–Kier alpha value is -3.13. The number of halogens is 1. The number of hydrogen-bond acceptors (Lipinski definition) is 4. The largest absolute Gasteiger partial charge is 0.336 e. The number of anilines is 1. The Kier molecular flexibility index (Phi) is 6.90. The van der Waals surface area contributed by atoms with Crippen molar-refractivity contribution in [1.82, 2.24) is 14.5 Å². The predicted molar refractivity (Wildman–Crippen MR) is 124 cm³/mol. The standard InChI is InChI=1S/C24H25FN4O2S/c1-28(15-22(30)26-18-13-11-17(25)12-14-18)23(31)16-32-24-27-20-9-5-6-10-21(20)29(24)19-7-3-2-4-8-19/h2-4,7-8,11-14H,5-6,9-10,15-16H2,1H3,(H,26,30). The van der Waals surface area contributed by atoms with Gasteiger partial charge < -0.3 is 10.2 Å². The number of hydrogen-bond donors (Lipinski definition) is 1. The molecule has 0 spiro atoms. The maximum Gasteiger partial charge on any atom is 0.243 e. The number of aryl methyl sites for hydroxylation is 1. The van der Waals surface area contributed by atoms with Crippen LogP contribution in [0.5, 0.6) is 0 Å². The maximum absolute atomic E-state index is 13.0. The first-order valence-corrected chi connectivity index (χ1v) is 11.6. The van der Waals surface area contributed by atoms with Crippen LogP contribution in [0.4, 0.5) is 10.1 Å². The highest BCUT2D eigenvalue weighted by atomic mass is 32.2. The SMILES string of the molecule is CN(CC(=O)Nc1ccc(F)cc1)C(=O)CSc1nc2c(n1-c1ccccc1)CCCC2. The number of amides is 2. The van der Waals surface area contributed by atoms with Crippen LogP contribution in [0.3, 0.4) is 0 Å². The van der Waals surface area contributed by atoms with E-state index in [1.54, 1.807) is 7.05 Å². The van der Waals surface area contributed by atoms with Gasteiger partial charge in [-0.1, -0.05) is 30.0 Å². The van der Waals surface area contributed by atoms with Crippen LogP contribution < -0.4 is 5.32 Å². The van der Waals surface area contributed by atoms with Gasteiger partial charge in [-0.05, 0) is 62.1 Å². The summed E-state index contributed by atoms with van der Waals surface area (Å²) in [5, 5.41) is 3.48. The molecule has 8 heteroatoms. The van der Waals surface area contributed by atoms with Gasteiger partial charge in [-0.2, -0.15) is 0 Å². The van der Waals surface area contributed by atoms with Crippen molar-refractivity contribution in [2.75, 3.05) is 24.7 Å². The zero-order valence-electron chi connectivity index (χ0n) is 17.9. The molecule has 4 rings (SSSR count). The molecule has 0 saturated carbocycles. The minimum atomic E-state index is -0.372. The first-order valence-electron chi connectivity index (χ1n) is 10.6. The average Bonchev–Trinajstić information content (AvgIpc) is 3.18. The van der Waals surface area contributed by atoms with Gasteiger partial charge in [-0.25, -0.2) is 9.37 Å². The zero-order valence-corrected chi connectivity index (χ0v) is 18.7. The van der Waals surface area contributed by atoms with E-state index in [2.05, 4.69) is 9.88 Å². The van der Waals surface area contributed by atoms with Gasteiger partial charge in [0.2, 0.25) is 11.8 Å². The Morgan fingerprint density at radius 3 is 2.56 bits per heavy atom. The molecule has 0 aliphatic heterocycles. The van der Waals surface area contributed by atoms with Crippen LogP contribution in [0.25, 0.3) is 5.69 Å². The normalized spacial score (nSPS) is 12.8. The third kappa shape index (κ3) is 5.19. The summed E-state index contributed by atoms with van der Waals surface area (Å²) in [6.07, 6.45) is 4.21. The molecule has 1 heterocycles. The number of nitrogens with zero attached hydrogens (tertiary/aromatic N) is 3. The van der Waals surface area contributed by atoms with Crippen LogP contribution in [0.2, 0.25) is 0 Å². The van der Waals surface area contributed by atoms with Crippen LogP contribution >= 0.6 is 11.8 Å². The first-order chi connectivity index (χ1) is 15.5. The summed E-state index contributed by atoms with van der Waals surface area (Å²) in [7, 11) is 1.60. The second kappa shape index (κ2) is 9.99. The summed E-state index contributed by atoms with van der Waals surface area (Å²) in [4.78, 5) is 31.1. The van der Waals surface area contributed by atoms with Crippen molar-refractivity contribution in [1.29, 1.82) is 0 Å². The lowest BCUT2D eigenvalue weighted by Crippen LogP contribution is -2.36. The summed E-state index contributed by atoms with van der Waals surface area (Å²) in [6.45, 7) is -0.0829. The van der Waals surface area contributed by atoms with Crippen LogP contribution in [0.15, 0.2) is 59.8 Å². The van der Waals surface area contributed by atoms with E-state index in [-0.39, 0.29) is 29.9 Å². The summed E-state index contributed by atoms with van der Waals surface area (Å²) in [5.41, 5.74) is 3.87. The first kappa shape index (κ1) is 22.1. The van der Waals surface area contributed by atoms with Crippen LogP contribution in [0, 0.1) is 5.82 Å². The number of para-hydroxylation sites is 1. The van der Waals surface area contributed by atoms with E-state index in [1.807, 2.05) is 30.3 Å². The van der Waals surface area contributed by atoms with Gasteiger partial charge in [0.15, 0.2) is 5.16 Å². The number of carbonyl (C=O) groups is 2. The molecular weight excluding hydrogens is 427 g/mol. The van der Waals surface area contributed by atoms with Crippen molar-refractivity contribution in [3.8, 4) is 5.69 Å². The number of likely N-dealkylation sites (N-methyl/N-ethyl adjacent to an activating group) is 1. The number of fused-ring (bicyclic) bond motifs is 1. The smallest absolute Gasteiger partial charge is 0.243 e. The minimum Gasteiger partial charge on any atom is -0.336 e. The van der Waals surface area contributed by atoms with Gasteiger partial charge >= 0.3 is 0 Å². The van der Waals surface area contributed by atoms with Crippen molar-refractivity contribution in [3.63, 3.8) is 0 Å². The number of benzene rings is 2. The molecule has 2 amide bonds. The lowest BCUT2D eigenvalue weighted by Gasteiger charge is -2.17. The van der Waals surface area contributed by atoms with Crippen LogP contribution in [-0.2, 0) is 22.4 Å². The second-order valence-corrected chi connectivity index (χ2v) is 8.70. The van der Waals surface area contributed by atoms with Gasteiger partial charge in [-0.15, -0.1) is 0 Å². The summed E-state index contributed by atoms with van der Waals surface area (Å²) >= 11 is 1.39. The van der Waals surface area contributed by atoms with Crippen molar-refractivity contribution in [2.45, 2.75) is 30.8 Å². The molecule has 1 aliphatic carbocycles. The Balaban J connectivity index is 1.40. The van der Waals surface area contributed by atoms with E-state index in [0.29, 0.717) is 5.69 Å². The van der Waals surface area contributed by atoms with Crippen molar-refractivity contribution >= 4 is 29.3 Å². The Labute approximate surface area is 190 Å². The van der Waals surface area contributed by atoms with Gasteiger partial charge in [0.05, 0.1) is 18.0 Å². The number of rotatable bonds is 7. The fourth-order valence-electron chi connectivity index (χ4n) is 3.73. The van der Waals surface area contributed by atoms with Gasteiger partial charge in [0.25, 0.3) is 0 Å². The predicted octanol–water partition coefficient (Wildman–Crippen LogP) is 4.08. The van der Waals surface area contributed by atoms with Gasteiger partial charge in [-0.3, -0.25) is 14.2 Å².